The average molecular weight is 415 g/mol. The van der Waals surface area contributed by atoms with Crippen LogP contribution in [-0.4, -0.2) is 0 Å². The van der Waals surface area contributed by atoms with E-state index in [1.54, 1.807) is 0 Å². The minimum Gasteiger partial charge on any atom is -0.456 e. The smallest absolute Gasteiger partial charge is 0.136 e. The van der Waals surface area contributed by atoms with E-state index in [1.807, 2.05) is 11.3 Å². The van der Waals surface area contributed by atoms with Gasteiger partial charge in [-0.3, -0.25) is 0 Å². The molecule has 0 saturated carbocycles. The second kappa shape index (κ2) is 8.43. The molecular weight excluding hydrogens is 384 g/mol. The van der Waals surface area contributed by atoms with Crippen molar-refractivity contribution < 1.29 is 4.42 Å². The molecule has 0 atom stereocenters. The molecule has 2 aromatic heterocycles. The van der Waals surface area contributed by atoms with Crippen LogP contribution in [0.5, 0.6) is 0 Å². The van der Waals surface area contributed by atoms with E-state index in [0.717, 1.165) is 17.6 Å². The third-order valence-electron chi connectivity index (χ3n) is 6.33. The van der Waals surface area contributed by atoms with E-state index in [-0.39, 0.29) is 0 Å². The lowest BCUT2D eigenvalue weighted by Crippen LogP contribution is -1.84. The molecule has 5 rings (SSSR count). The summed E-state index contributed by atoms with van der Waals surface area (Å²) >= 11 is 1.92. The van der Waals surface area contributed by atoms with Crippen molar-refractivity contribution in [2.45, 2.75) is 65.2 Å². The number of unbranched alkanes of at least 4 members (excludes halogenated alkanes) is 4. The number of fused-ring (bicyclic) bond motifs is 6. The SMILES string of the molecule is CCCCCc1ccc2c(c1)oc1cc3c(cc12)sc1cc(CCCCC)ccc13. The van der Waals surface area contributed by atoms with Gasteiger partial charge in [-0.2, -0.15) is 0 Å². The number of rotatable bonds is 8. The maximum Gasteiger partial charge on any atom is 0.136 e. The van der Waals surface area contributed by atoms with E-state index >= 15 is 0 Å². The predicted octanol–water partition coefficient (Wildman–Crippen LogP) is 9.42. The highest BCUT2D eigenvalue weighted by atomic mass is 32.1. The maximum atomic E-state index is 6.32. The standard InChI is InChI=1S/C28H30OS/c1-3-5-7-9-19-11-13-21-23-18-28-24(17-26(23)29-25(21)15-19)22-14-12-20(10-8-6-4-2)16-27(22)30-28/h11-18H,3-10H2,1-2H3. The fourth-order valence-electron chi connectivity index (χ4n) is 4.60. The largest absolute Gasteiger partial charge is 0.456 e. The molecule has 0 amide bonds. The Bertz CT molecular complexity index is 1220. The summed E-state index contributed by atoms with van der Waals surface area (Å²) in [5.41, 5.74) is 4.89. The van der Waals surface area contributed by atoms with Crippen LogP contribution < -0.4 is 0 Å². The Labute approximate surface area is 182 Å². The van der Waals surface area contributed by atoms with Crippen LogP contribution in [0.4, 0.5) is 0 Å². The summed E-state index contributed by atoms with van der Waals surface area (Å²) in [6.07, 6.45) is 10.0. The van der Waals surface area contributed by atoms with Gasteiger partial charge in [-0.25, -0.2) is 0 Å². The number of hydrogen-bond donors (Lipinski definition) is 0. The molecule has 1 nitrogen and oxygen atoms in total. The van der Waals surface area contributed by atoms with Gasteiger partial charge in [-0.15, -0.1) is 11.3 Å². The second-order valence-corrected chi connectivity index (χ2v) is 9.71. The van der Waals surface area contributed by atoms with Gasteiger partial charge >= 0.3 is 0 Å². The number of hydrogen-bond acceptors (Lipinski definition) is 2. The molecule has 3 aromatic carbocycles. The monoisotopic (exact) mass is 414 g/mol. The zero-order valence-electron chi connectivity index (χ0n) is 18.1. The molecule has 30 heavy (non-hydrogen) atoms. The molecule has 0 unspecified atom stereocenters. The Kier molecular flexibility index (Phi) is 5.52. The molecule has 5 aromatic rings. The molecule has 154 valence electrons. The van der Waals surface area contributed by atoms with Crippen LogP contribution in [0, 0.1) is 0 Å². The first-order valence-electron chi connectivity index (χ1n) is 11.6. The van der Waals surface area contributed by atoms with Crippen molar-refractivity contribution in [1.29, 1.82) is 0 Å². The molecule has 2 heteroatoms. The lowest BCUT2D eigenvalue weighted by Gasteiger charge is -2.00. The molecule has 0 aliphatic heterocycles. The van der Waals surface area contributed by atoms with Gasteiger partial charge in [0, 0.05) is 30.9 Å². The van der Waals surface area contributed by atoms with Crippen molar-refractivity contribution in [2.24, 2.45) is 0 Å². The Balaban J connectivity index is 1.54. The van der Waals surface area contributed by atoms with Gasteiger partial charge < -0.3 is 4.42 Å². The van der Waals surface area contributed by atoms with Gasteiger partial charge in [-0.1, -0.05) is 63.8 Å². The van der Waals surface area contributed by atoms with Gasteiger partial charge in [-0.05, 0) is 61.1 Å². The Hall–Kier alpha value is -2.32. The number of furan rings is 1. The van der Waals surface area contributed by atoms with Crippen molar-refractivity contribution in [3.8, 4) is 0 Å². The average Bonchev–Trinajstić information content (AvgIpc) is 3.28. The van der Waals surface area contributed by atoms with Crippen molar-refractivity contribution in [2.75, 3.05) is 0 Å². The zero-order valence-corrected chi connectivity index (χ0v) is 18.9. The van der Waals surface area contributed by atoms with Crippen molar-refractivity contribution >= 4 is 53.4 Å². The quantitative estimate of drug-likeness (QED) is 0.230. The molecular formula is C28H30OS. The maximum absolute atomic E-state index is 6.32. The normalized spacial score (nSPS) is 12.1. The van der Waals surface area contributed by atoms with E-state index in [2.05, 4.69) is 62.4 Å². The van der Waals surface area contributed by atoms with Crippen molar-refractivity contribution in [3.63, 3.8) is 0 Å². The first-order chi connectivity index (χ1) is 14.8. The molecule has 2 heterocycles. The summed E-state index contributed by atoms with van der Waals surface area (Å²) in [6, 6.07) is 18.4. The van der Waals surface area contributed by atoms with Gasteiger partial charge in [0.05, 0.1) is 0 Å². The summed E-state index contributed by atoms with van der Waals surface area (Å²) in [6.45, 7) is 4.52. The van der Waals surface area contributed by atoms with E-state index in [0.29, 0.717) is 0 Å². The Morgan fingerprint density at radius 3 is 1.97 bits per heavy atom. The summed E-state index contributed by atoms with van der Waals surface area (Å²) in [5, 5.41) is 5.16. The van der Waals surface area contributed by atoms with Crippen LogP contribution in [0.25, 0.3) is 42.1 Å². The molecule has 0 saturated heterocycles. The van der Waals surface area contributed by atoms with E-state index in [9.17, 15) is 0 Å². The van der Waals surface area contributed by atoms with E-state index in [4.69, 9.17) is 4.42 Å². The highest BCUT2D eigenvalue weighted by Crippen LogP contribution is 2.40. The summed E-state index contributed by atoms with van der Waals surface area (Å²) < 4.78 is 9.08. The van der Waals surface area contributed by atoms with Crippen LogP contribution in [-0.2, 0) is 12.8 Å². The molecule has 0 aliphatic carbocycles. The van der Waals surface area contributed by atoms with E-state index in [1.165, 1.54) is 87.0 Å². The van der Waals surface area contributed by atoms with Crippen LogP contribution in [0.15, 0.2) is 52.9 Å². The lowest BCUT2D eigenvalue weighted by atomic mass is 10.0. The summed E-state index contributed by atoms with van der Waals surface area (Å²) in [7, 11) is 0. The summed E-state index contributed by atoms with van der Waals surface area (Å²) in [4.78, 5) is 0. The van der Waals surface area contributed by atoms with Crippen LogP contribution >= 0.6 is 11.3 Å². The first kappa shape index (κ1) is 19.6. The summed E-state index contributed by atoms with van der Waals surface area (Å²) in [5.74, 6) is 0. The van der Waals surface area contributed by atoms with Crippen molar-refractivity contribution in [1.82, 2.24) is 0 Å². The zero-order chi connectivity index (χ0) is 20.5. The van der Waals surface area contributed by atoms with Gasteiger partial charge in [0.2, 0.25) is 0 Å². The number of thiophene rings is 1. The minimum atomic E-state index is 1.01. The fraction of sp³-hybridized carbons (Fsp3) is 0.357. The highest BCUT2D eigenvalue weighted by Gasteiger charge is 2.13. The van der Waals surface area contributed by atoms with Crippen LogP contribution in [0.2, 0.25) is 0 Å². The predicted molar refractivity (Wildman–Crippen MR) is 133 cm³/mol. The first-order valence-corrected chi connectivity index (χ1v) is 12.4. The molecule has 0 bridgehead atoms. The third-order valence-corrected chi connectivity index (χ3v) is 7.45. The van der Waals surface area contributed by atoms with E-state index < -0.39 is 0 Å². The molecule has 0 spiro atoms. The molecule has 0 aliphatic rings. The van der Waals surface area contributed by atoms with Crippen molar-refractivity contribution in [3.05, 3.63) is 59.7 Å². The molecule has 0 radical (unpaired) electrons. The Morgan fingerprint density at radius 1 is 0.600 bits per heavy atom. The fourth-order valence-corrected chi connectivity index (χ4v) is 5.79. The number of aryl methyl sites for hydroxylation is 2. The van der Waals surface area contributed by atoms with Crippen LogP contribution in [0.3, 0.4) is 0 Å². The minimum absolute atomic E-state index is 1.01. The van der Waals surface area contributed by atoms with Gasteiger partial charge in [0.25, 0.3) is 0 Å². The lowest BCUT2D eigenvalue weighted by molar-refractivity contribution is 0.667. The number of benzene rings is 3. The third kappa shape index (κ3) is 3.63. The Morgan fingerprint density at radius 2 is 1.23 bits per heavy atom. The second-order valence-electron chi connectivity index (χ2n) is 8.62. The molecule has 0 fully saturated rings. The van der Waals surface area contributed by atoms with Gasteiger partial charge in [0.15, 0.2) is 0 Å². The van der Waals surface area contributed by atoms with Crippen LogP contribution in [0.1, 0.15) is 63.5 Å². The highest BCUT2D eigenvalue weighted by molar-refractivity contribution is 7.25. The topological polar surface area (TPSA) is 13.1 Å². The molecule has 0 N–H and O–H groups in total. The van der Waals surface area contributed by atoms with Gasteiger partial charge in [0.1, 0.15) is 11.2 Å².